The highest BCUT2D eigenvalue weighted by atomic mass is 35.5. The second-order valence-electron chi connectivity index (χ2n) is 6.97. The molecule has 0 aliphatic rings. The lowest BCUT2D eigenvalue weighted by Crippen LogP contribution is -2.25. The summed E-state index contributed by atoms with van der Waals surface area (Å²) in [7, 11) is 3.68. The van der Waals surface area contributed by atoms with Crippen molar-refractivity contribution in [1.82, 2.24) is 20.2 Å². The van der Waals surface area contributed by atoms with Gasteiger partial charge in [-0.3, -0.25) is 4.79 Å². The molecule has 0 aliphatic heterocycles. The molecule has 1 aromatic heterocycles. The fraction of sp³-hybridized carbons (Fsp3) is 0.261. The molecule has 6 nitrogen and oxygen atoms in total. The van der Waals surface area contributed by atoms with E-state index in [0.717, 1.165) is 41.8 Å². The fourth-order valence-electron chi connectivity index (χ4n) is 3.00. The molecule has 0 saturated carbocycles. The number of benzene rings is 2. The first kappa shape index (κ1) is 21.7. The van der Waals surface area contributed by atoms with Gasteiger partial charge in [0.05, 0.1) is 12.1 Å². The number of carbonyl (C=O) groups excluding carboxylic acids is 1. The molecule has 0 radical (unpaired) electrons. The summed E-state index contributed by atoms with van der Waals surface area (Å²) in [5, 5.41) is 8.14. The predicted molar refractivity (Wildman–Crippen MR) is 124 cm³/mol. The van der Waals surface area contributed by atoms with E-state index in [4.69, 9.17) is 11.6 Å². The number of nitrogens with zero attached hydrogens (tertiary/aromatic N) is 3. The molecule has 0 spiro atoms. The Morgan fingerprint density at radius 2 is 1.97 bits per heavy atom. The van der Waals surface area contributed by atoms with Gasteiger partial charge in [-0.05, 0) is 55.9 Å². The largest absolute Gasteiger partial charge is 0.369 e. The van der Waals surface area contributed by atoms with Gasteiger partial charge in [-0.2, -0.15) is 0 Å². The molecule has 156 valence electrons. The van der Waals surface area contributed by atoms with Crippen LogP contribution in [0.1, 0.15) is 17.8 Å². The maximum atomic E-state index is 12.5. The third-order valence-corrected chi connectivity index (χ3v) is 4.80. The van der Waals surface area contributed by atoms with Crippen molar-refractivity contribution < 1.29 is 4.79 Å². The van der Waals surface area contributed by atoms with Crippen molar-refractivity contribution in [1.29, 1.82) is 0 Å². The summed E-state index contributed by atoms with van der Waals surface area (Å²) in [4.78, 5) is 23.4. The minimum absolute atomic E-state index is 0.129. The summed E-state index contributed by atoms with van der Waals surface area (Å²) < 4.78 is 0. The Kier molecular flexibility index (Phi) is 7.76. The number of anilines is 1. The van der Waals surface area contributed by atoms with Gasteiger partial charge in [-0.25, -0.2) is 9.97 Å². The number of rotatable bonds is 9. The number of amides is 1. The summed E-state index contributed by atoms with van der Waals surface area (Å²) >= 11 is 5.99. The molecule has 0 saturated heterocycles. The Labute approximate surface area is 182 Å². The number of likely N-dealkylation sites (N-methyl/N-ethyl adjacent to an activating group) is 1. The molecule has 0 unspecified atom stereocenters. The van der Waals surface area contributed by atoms with Crippen LogP contribution in [-0.4, -0.2) is 48.0 Å². The third kappa shape index (κ3) is 6.02. The van der Waals surface area contributed by atoms with E-state index in [2.05, 4.69) is 20.6 Å². The number of fused-ring (bicyclic) bond motifs is 1. The number of carbonyl (C=O) groups is 1. The Hall–Kier alpha value is -2.96. The van der Waals surface area contributed by atoms with Crippen LogP contribution in [0.15, 0.2) is 54.6 Å². The molecule has 1 amide bonds. The topological polar surface area (TPSA) is 70.2 Å². The highest BCUT2D eigenvalue weighted by Crippen LogP contribution is 2.20. The zero-order valence-corrected chi connectivity index (χ0v) is 18.0. The molecular weight excluding hydrogens is 398 g/mol. The highest BCUT2D eigenvalue weighted by Gasteiger charge is 2.12. The molecule has 3 aromatic rings. The van der Waals surface area contributed by atoms with Crippen LogP contribution in [0.2, 0.25) is 5.02 Å². The van der Waals surface area contributed by atoms with Gasteiger partial charge in [0.2, 0.25) is 5.91 Å². The summed E-state index contributed by atoms with van der Waals surface area (Å²) in [6.45, 7) is 2.05. The molecule has 30 heavy (non-hydrogen) atoms. The number of hydrogen-bond donors (Lipinski definition) is 2. The van der Waals surface area contributed by atoms with Gasteiger partial charge in [0, 0.05) is 30.1 Å². The van der Waals surface area contributed by atoms with Crippen LogP contribution in [0.5, 0.6) is 0 Å². The molecule has 7 heteroatoms. The number of halogens is 1. The van der Waals surface area contributed by atoms with Crippen LogP contribution in [0.3, 0.4) is 0 Å². The Bertz CT molecular complexity index is 1040. The van der Waals surface area contributed by atoms with E-state index in [1.807, 2.05) is 49.5 Å². The summed E-state index contributed by atoms with van der Waals surface area (Å²) in [6.07, 6.45) is 4.27. The summed E-state index contributed by atoms with van der Waals surface area (Å²) in [5.74, 6) is 1.26. The first-order chi connectivity index (χ1) is 14.6. The van der Waals surface area contributed by atoms with Crippen molar-refractivity contribution in [3.8, 4) is 0 Å². The molecular formula is C23H26ClN5O. The van der Waals surface area contributed by atoms with Crippen molar-refractivity contribution in [3.63, 3.8) is 0 Å². The van der Waals surface area contributed by atoms with E-state index < -0.39 is 0 Å². The van der Waals surface area contributed by atoms with E-state index >= 15 is 0 Å². The van der Waals surface area contributed by atoms with Crippen molar-refractivity contribution in [3.05, 3.63) is 71.0 Å². The minimum atomic E-state index is -0.129. The molecule has 2 aromatic carbocycles. The first-order valence-electron chi connectivity index (χ1n) is 9.89. The number of aromatic nitrogens is 2. The van der Waals surface area contributed by atoms with Crippen molar-refractivity contribution in [2.45, 2.75) is 13.0 Å². The normalized spacial score (nSPS) is 11.2. The van der Waals surface area contributed by atoms with E-state index in [0.29, 0.717) is 17.4 Å². The molecule has 0 bridgehead atoms. The second kappa shape index (κ2) is 10.7. The lowest BCUT2D eigenvalue weighted by molar-refractivity contribution is -0.125. The third-order valence-electron chi connectivity index (χ3n) is 4.57. The molecule has 1 heterocycles. The molecule has 2 N–H and O–H groups in total. The average Bonchev–Trinajstić information content (AvgIpc) is 2.75. The van der Waals surface area contributed by atoms with Crippen molar-refractivity contribution in [2.75, 3.05) is 32.5 Å². The van der Waals surface area contributed by atoms with Gasteiger partial charge >= 0.3 is 0 Å². The lowest BCUT2D eigenvalue weighted by Gasteiger charge is -2.16. The zero-order valence-electron chi connectivity index (χ0n) is 17.2. The van der Waals surface area contributed by atoms with Crippen LogP contribution in [0, 0.1) is 0 Å². The van der Waals surface area contributed by atoms with Gasteiger partial charge in [0.1, 0.15) is 5.82 Å². The molecule has 0 fully saturated rings. The average molecular weight is 424 g/mol. The molecule has 3 rings (SSSR count). The minimum Gasteiger partial charge on any atom is -0.369 e. The van der Waals surface area contributed by atoms with Crippen LogP contribution in [0.25, 0.3) is 17.0 Å². The SMILES string of the molecule is CNCCCNc1nc(CN(C)C(=O)/C=C/c2cccc(Cl)c2)nc2ccccc12. The Morgan fingerprint density at radius 1 is 1.13 bits per heavy atom. The van der Waals surface area contributed by atoms with Crippen LogP contribution in [-0.2, 0) is 11.3 Å². The van der Waals surface area contributed by atoms with E-state index in [-0.39, 0.29) is 5.91 Å². The second-order valence-corrected chi connectivity index (χ2v) is 7.41. The van der Waals surface area contributed by atoms with Crippen LogP contribution >= 0.6 is 11.6 Å². The van der Waals surface area contributed by atoms with Crippen molar-refractivity contribution in [2.24, 2.45) is 0 Å². The Morgan fingerprint density at radius 3 is 2.77 bits per heavy atom. The maximum absolute atomic E-state index is 12.5. The standard InChI is InChI=1S/C23H26ClN5O/c1-25-13-6-14-26-23-19-9-3-4-10-20(19)27-21(28-23)16-29(2)22(30)12-11-17-7-5-8-18(24)15-17/h3-5,7-12,15,25H,6,13-14,16H2,1-2H3,(H,26,27,28)/b12-11+. The predicted octanol–water partition coefficient (Wildman–Crippen LogP) is 3.98. The summed E-state index contributed by atoms with van der Waals surface area (Å²) in [6, 6.07) is 15.2. The monoisotopic (exact) mass is 423 g/mol. The fourth-order valence-corrected chi connectivity index (χ4v) is 3.20. The number of hydrogen-bond acceptors (Lipinski definition) is 5. The smallest absolute Gasteiger partial charge is 0.246 e. The van der Waals surface area contributed by atoms with E-state index in [1.165, 1.54) is 6.08 Å². The highest BCUT2D eigenvalue weighted by molar-refractivity contribution is 6.30. The van der Waals surface area contributed by atoms with Gasteiger partial charge < -0.3 is 15.5 Å². The van der Waals surface area contributed by atoms with Gasteiger partial charge in [-0.1, -0.05) is 35.9 Å². The number of para-hydroxylation sites is 1. The van der Waals surface area contributed by atoms with E-state index in [1.54, 1.807) is 24.1 Å². The lowest BCUT2D eigenvalue weighted by atomic mass is 10.2. The van der Waals surface area contributed by atoms with Gasteiger partial charge in [-0.15, -0.1) is 0 Å². The Balaban J connectivity index is 1.72. The quantitative estimate of drug-likeness (QED) is 0.402. The molecule has 0 aliphatic carbocycles. The first-order valence-corrected chi connectivity index (χ1v) is 10.3. The van der Waals surface area contributed by atoms with Crippen molar-refractivity contribution >= 4 is 40.3 Å². The maximum Gasteiger partial charge on any atom is 0.246 e. The number of nitrogens with one attached hydrogen (secondary N) is 2. The zero-order chi connectivity index (χ0) is 21.3. The van der Waals surface area contributed by atoms with Crippen LogP contribution < -0.4 is 10.6 Å². The van der Waals surface area contributed by atoms with E-state index in [9.17, 15) is 4.79 Å². The molecule has 0 atom stereocenters. The van der Waals surface area contributed by atoms with Gasteiger partial charge in [0.15, 0.2) is 5.82 Å². The van der Waals surface area contributed by atoms with Crippen LogP contribution in [0.4, 0.5) is 5.82 Å². The summed E-state index contributed by atoms with van der Waals surface area (Å²) in [5.41, 5.74) is 1.73. The van der Waals surface area contributed by atoms with Gasteiger partial charge in [0.25, 0.3) is 0 Å².